The number of imidazole rings is 1. The van der Waals surface area contributed by atoms with E-state index in [0.29, 0.717) is 28.5 Å². The van der Waals surface area contributed by atoms with Gasteiger partial charge in [0.25, 0.3) is 11.5 Å². The highest BCUT2D eigenvalue weighted by Crippen LogP contribution is 2.44. The van der Waals surface area contributed by atoms with E-state index in [9.17, 15) is 19.2 Å². The number of fused-ring (bicyclic) bond motifs is 1. The quantitative estimate of drug-likeness (QED) is 0.484. The van der Waals surface area contributed by atoms with Crippen LogP contribution in [0.25, 0.3) is 5.57 Å². The van der Waals surface area contributed by atoms with Crippen molar-refractivity contribution in [3.8, 4) is 6.07 Å². The number of rotatable bonds is 6. The predicted molar refractivity (Wildman–Crippen MR) is 145 cm³/mol. The largest absolute Gasteiger partial charge is 0.482 e. The Bertz CT molecular complexity index is 1700. The number of nitriles is 1. The first-order chi connectivity index (χ1) is 19.1. The molecule has 1 amide bonds. The number of hydrogen-bond donors (Lipinski definition) is 1. The van der Waals surface area contributed by atoms with E-state index >= 15 is 0 Å². The maximum Gasteiger partial charge on any atom is 0.279 e. The van der Waals surface area contributed by atoms with Crippen LogP contribution in [-0.4, -0.2) is 46.8 Å². The average Bonchev–Trinajstić information content (AvgIpc) is 3.45. The number of hydrogen-bond acceptors (Lipinski definition) is 8. The van der Waals surface area contributed by atoms with Gasteiger partial charge in [0, 0.05) is 32.6 Å². The Hall–Kier alpha value is -4.47. The minimum atomic E-state index is -0.966. The van der Waals surface area contributed by atoms with Crippen LogP contribution >= 0.6 is 11.6 Å². The summed E-state index contributed by atoms with van der Waals surface area (Å²) in [6.45, 7) is 3.82. The van der Waals surface area contributed by atoms with Crippen LogP contribution in [0, 0.1) is 17.1 Å². The van der Waals surface area contributed by atoms with Gasteiger partial charge >= 0.3 is 0 Å². The number of aryl methyl sites for hydroxylation is 1. The zero-order valence-corrected chi connectivity index (χ0v) is 23.0. The van der Waals surface area contributed by atoms with Crippen LogP contribution in [-0.2, 0) is 16.5 Å². The predicted octanol–water partition coefficient (Wildman–Crippen LogP) is 3.50. The van der Waals surface area contributed by atoms with Crippen molar-refractivity contribution >= 4 is 35.0 Å². The van der Waals surface area contributed by atoms with E-state index in [1.54, 1.807) is 12.3 Å². The molecule has 0 spiro atoms. The smallest absolute Gasteiger partial charge is 0.279 e. The molecule has 0 fully saturated rings. The van der Waals surface area contributed by atoms with Crippen LogP contribution < -0.4 is 15.8 Å². The third kappa shape index (κ3) is 4.24. The summed E-state index contributed by atoms with van der Waals surface area (Å²) in [5, 5.41) is 12.5. The topological polar surface area (TPSA) is 127 Å². The van der Waals surface area contributed by atoms with E-state index in [-0.39, 0.29) is 28.0 Å². The molecule has 2 aliphatic heterocycles. The third-order valence-electron chi connectivity index (χ3n) is 6.73. The molecule has 2 aliphatic rings. The first-order valence-corrected chi connectivity index (χ1v) is 12.6. The Morgan fingerprint density at radius 1 is 1.23 bits per heavy atom. The highest BCUT2D eigenvalue weighted by Gasteiger charge is 2.46. The van der Waals surface area contributed by atoms with E-state index in [1.807, 2.05) is 24.5 Å². The van der Waals surface area contributed by atoms with Gasteiger partial charge in [-0.15, -0.1) is 0 Å². The fourth-order valence-electron chi connectivity index (χ4n) is 4.98. The second kappa shape index (κ2) is 10.3. The lowest BCUT2D eigenvalue weighted by Crippen LogP contribution is -2.36. The lowest BCUT2D eigenvalue weighted by molar-refractivity contribution is 0.0704. The second-order valence-electron chi connectivity index (χ2n) is 9.48. The minimum Gasteiger partial charge on any atom is -0.482 e. The van der Waals surface area contributed by atoms with Gasteiger partial charge in [0.15, 0.2) is 5.69 Å². The molecule has 206 valence electrons. The minimum absolute atomic E-state index is 0.00486. The van der Waals surface area contributed by atoms with Gasteiger partial charge in [0.2, 0.25) is 12.2 Å². The van der Waals surface area contributed by atoms with Crippen LogP contribution in [0.4, 0.5) is 10.1 Å². The van der Waals surface area contributed by atoms with Crippen LogP contribution in [0.2, 0.25) is 5.02 Å². The zero-order valence-electron chi connectivity index (χ0n) is 22.3. The Balaban J connectivity index is 1.80. The molecular formula is C27H25ClFN7O4. The first-order valence-electron chi connectivity index (χ1n) is 12.2. The summed E-state index contributed by atoms with van der Waals surface area (Å²) in [7, 11) is 4.49. The Morgan fingerprint density at radius 2 is 1.98 bits per heavy atom. The molecule has 0 bridgehead atoms. The van der Waals surface area contributed by atoms with Gasteiger partial charge in [-0.3, -0.25) is 14.5 Å². The summed E-state index contributed by atoms with van der Waals surface area (Å²) in [6, 6.07) is 6.08. The number of halogens is 2. The van der Waals surface area contributed by atoms with E-state index in [1.165, 1.54) is 55.1 Å². The second-order valence-corrected chi connectivity index (χ2v) is 9.92. The molecule has 1 N–H and O–H groups in total. The number of aromatic nitrogens is 3. The summed E-state index contributed by atoms with van der Waals surface area (Å²) in [6.07, 6.45) is 2.31. The summed E-state index contributed by atoms with van der Waals surface area (Å²) in [4.78, 5) is 37.6. The molecule has 1 aromatic carbocycles. The molecule has 0 saturated heterocycles. The number of anilines is 1. The third-order valence-corrected chi connectivity index (χ3v) is 6.94. The number of ether oxygens (including phenoxy) is 2. The molecule has 2 atom stereocenters. The van der Waals surface area contributed by atoms with Crippen LogP contribution in [0.5, 0.6) is 0 Å². The summed E-state index contributed by atoms with van der Waals surface area (Å²) >= 11 is 6.29. The van der Waals surface area contributed by atoms with Gasteiger partial charge in [-0.1, -0.05) is 17.7 Å². The Labute approximate surface area is 233 Å². The van der Waals surface area contributed by atoms with Gasteiger partial charge in [-0.05, 0) is 37.6 Å². The van der Waals surface area contributed by atoms with E-state index in [2.05, 4.69) is 10.3 Å². The molecule has 2 unspecified atom stereocenters. The van der Waals surface area contributed by atoms with Crippen LogP contribution in [0.15, 0.2) is 46.1 Å². The number of allylic oxidation sites excluding steroid dienone is 1. The molecule has 11 nitrogen and oxygen atoms in total. The van der Waals surface area contributed by atoms with Gasteiger partial charge in [0.1, 0.15) is 29.4 Å². The number of carbonyl (C=O) groups excluding carboxylic acids is 1. The lowest BCUT2D eigenvalue weighted by Gasteiger charge is -2.29. The highest BCUT2D eigenvalue weighted by molar-refractivity contribution is 6.30. The summed E-state index contributed by atoms with van der Waals surface area (Å²) in [5.74, 6) is -0.607. The van der Waals surface area contributed by atoms with Crippen molar-refractivity contribution in [2.75, 3.05) is 19.1 Å². The number of aliphatic imine (C=N–C) groups is 1. The lowest BCUT2D eigenvalue weighted by atomic mass is 10.0. The van der Waals surface area contributed by atoms with Crippen molar-refractivity contribution in [2.24, 2.45) is 12.0 Å². The zero-order chi connectivity index (χ0) is 28.9. The highest BCUT2D eigenvalue weighted by atomic mass is 35.5. The summed E-state index contributed by atoms with van der Waals surface area (Å²) < 4.78 is 28.8. The van der Waals surface area contributed by atoms with E-state index in [0.717, 1.165) is 0 Å². The molecule has 40 heavy (non-hydrogen) atoms. The maximum absolute atomic E-state index is 14.9. The number of pyridine rings is 1. The Morgan fingerprint density at radius 3 is 2.60 bits per heavy atom. The van der Waals surface area contributed by atoms with Crippen molar-refractivity contribution < 1.29 is 18.7 Å². The summed E-state index contributed by atoms with van der Waals surface area (Å²) in [5.41, 5.74) is 0.708. The van der Waals surface area contributed by atoms with Crippen molar-refractivity contribution in [3.63, 3.8) is 0 Å². The molecule has 5 rings (SSSR count). The van der Waals surface area contributed by atoms with E-state index in [4.69, 9.17) is 26.1 Å². The SMILES string of the molecule is COC1=C(c2nc3c(n2C(C)C)C(c2ccc(C#N)c(F)c2)N(c2cc(Cl)cn(C)c2=O)C3=O)C=NC(OC)N1. The fourth-order valence-corrected chi connectivity index (χ4v) is 5.23. The first kappa shape index (κ1) is 27.1. The van der Waals surface area contributed by atoms with Crippen molar-refractivity contribution in [3.05, 3.63) is 85.9 Å². The normalized spacial score (nSPS) is 18.3. The fraction of sp³-hybridized carbons (Fsp3) is 0.296. The number of carbonyl (C=O) groups is 1. The number of benzene rings is 1. The maximum atomic E-state index is 14.9. The molecular weight excluding hydrogens is 541 g/mol. The Kier molecular flexibility index (Phi) is 6.95. The van der Waals surface area contributed by atoms with Crippen molar-refractivity contribution in [1.82, 2.24) is 19.4 Å². The van der Waals surface area contributed by atoms with E-state index < -0.39 is 29.7 Å². The number of amides is 1. The number of nitrogens with one attached hydrogen (secondary N) is 1. The van der Waals surface area contributed by atoms with Crippen molar-refractivity contribution in [2.45, 2.75) is 32.3 Å². The molecule has 0 saturated carbocycles. The molecule has 0 aliphatic carbocycles. The molecule has 4 heterocycles. The molecule has 3 aromatic rings. The number of nitrogens with zero attached hydrogens (tertiary/aromatic N) is 6. The van der Waals surface area contributed by atoms with Gasteiger partial charge in [0.05, 0.1) is 29.0 Å². The van der Waals surface area contributed by atoms with Gasteiger partial charge in [-0.25, -0.2) is 14.4 Å². The number of methoxy groups -OCH3 is 2. The van der Waals surface area contributed by atoms with Gasteiger partial charge < -0.3 is 23.9 Å². The van der Waals surface area contributed by atoms with Crippen LogP contribution in [0.3, 0.4) is 0 Å². The van der Waals surface area contributed by atoms with Crippen LogP contribution in [0.1, 0.15) is 59.1 Å². The van der Waals surface area contributed by atoms with Crippen molar-refractivity contribution in [1.29, 1.82) is 5.26 Å². The molecule has 2 aromatic heterocycles. The monoisotopic (exact) mass is 565 g/mol. The average molecular weight is 566 g/mol. The molecule has 13 heteroatoms. The van der Waals surface area contributed by atoms with Gasteiger partial charge in [-0.2, -0.15) is 5.26 Å². The molecule has 0 radical (unpaired) electrons. The standard InChI is InChI=1S/C27H25ClFN7O4/c1-13(2)35-22-20(32-23(35)17-11-31-27(40-5)33-24(17)39-4)26(38)36(19-9-16(28)12-34(3)25(19)37)21(22)14-6-7-15(10-30)18(29)8-14/h6-9,11-13,21,27,33H,1-5H3.